The molecule has 0 fully saturated rings. The standard InChI is InChI=1S/C61H112O6/c1-4-7-10-13-16-19-22-25-28-30-32-33-36-39-42-45-48-51-54-60(63)66-57-58(56-65-59(62)53-50-47-44-41-38-35-27-24-21-18-15-12-9-6-3)67-61(64)55-52-49-46-43-40-37-34-31-29-26-23-20-17-14-11-8-5-2/h9,12,18,21,27,35,58H,4-8,10-11,13-17,19-20,22-26,28-34,36-57H2,1-3H3/b12-9-,21-18-,35-27-. The molecule has 0 aromatic rings. The third-order valence-corrected chi connectivity index (χ3v) is 13.2. The number of allylic oxidation sites excluding steroid dienone is 6. The Labute approximate surface area is 416 Å². The Morgan fingerprint density at radius 2 is 0.582 bits per heavy atom. The van der Waals surface area contributed by atoms with Gasteiger partial charge in [-0.3, -0.25) is 14.4 Å². The first-order valence-corrected chi connectivity index (χ1v) is 29.5. The maximum atomic E-state index is 12.9. The molecule has 6 nitrogen and oxygen atoms in total. The molecule has 67 heavy (non-hydrogen) atoms. The molecule has 0 heterocycles. The summed E-state index contributed by atoms with van der Waals surface area (Å²) in [5, 5.41) is 0. The highest BCUT2D eigenvalue weighted by Crippen LogP contribution is 2.17. The minimum atomic E-state index is -0.777. The first-order chi connectivity index (χ1) is 33.0. The molecule has 392 valence electrons. The van der Waals surface area contributed by atoms with Crippen molar-refractivity contribution in [2.75, 3.05) is 13.2 Å². The zero-order valence-corrected chi connectivity index (χ0v) is 44.9. The average molecular weight is 942 g/mol. The number of carbonyl (C=O) groups excluding carboxylic acids is 3. The molecule has 6 heteroatoms. The first kappa shape index (κ1) is 64.6. The Balaban J connectivity index is 4.33. The Hall–Kier alpha value is -2.37. The van der Waals surface area contributed by atoms with Crippen molar-refractivity contribution in [3.63, 3.8) is 0 Å². The zero-order valence-electron chi connectivity index (χ0n) is 44.9. The predicted octanol–water partition coefficient (Wildman–Crippen LogP) is 19.7. The highest BCUT2D eigenvalue weighted by Gasteiger charge is 2.19. The van der Waals surface area contributed by atoms with Crippen LogP contribution in [0.4, 0.5) is 0 Å². The molecule has 0 saturated heterocycles. The monoisotopic (exact) mass is 941 g/mol. The molecule has 0 aromatic carbocycles. The molecule has 0 rings (SSSR count). The van der Waals surface area contributed by atoms with Crippen LogP contribution in [0.5, 0.6) is 0 Å². The van der Waals surface area contributed by atoms with E-state index in [4.69, 9.17) is 14.2 Å². The van der Waals surface area contributed by atoms with Gasteiger partial charge in [0.2, 0.25) is 0 Å². The van der Waals surface area contributed by atoms with Crippen LogP contribution >= 0.6 is 0 Å². The lowest BCUT2D eigenvalue weighted by Gasteiger charge is -2.18. The molecule has 0 N–H and O–H groups in total. The fraction of sp³-hybridized carbons (Fsp3) is 0.852. The van der Waals surface area contributed by atoms with Gasteiger partial charge in [-0.15, -0.1) is 0 Å². The maximum Gasteiger partial charge on any atom is 0.306 e. The van der Waals surface area contributed by atoms with Crippen molar-refractivity contribution in [2.24, 2.45) is 0 Å². The summed E-state index contributed by atoms with van der Waals surface area (Å²) in [5.74, 6) is -0.876. The molecular formula is C61H112O6. The summed E-state index contributed by atoms with van der Waals surface area (Å²) in [4.78, 5) is 38.2. The maximum absolute atomic E-state index is 12.9. The van der Waals surface area contributed by atoms with E-state index in [1.807, 2.05) is 0 Å². The summed E-state index contributed by atoms with van der Waals surface area (Å²) in [7, 11) is 0. The van der Waals surface area contributed by atoms with Crippen LogP contribution in [0.3, 0.4) is 0 Å². The molecule has 0 radical (unpaired) electrons. The van der Waals surface area contributed by atoms with E-state index in [1.54, 1.807) is 0 Å². The van der Waals surface area contributed by atoms with Gasteiger partial charge in [0, 0.05) is 19.3 Å². The molecule has 1 unspecified atom stereocenters. The van der Waals surface area contributed by atoms with Gasteiger partial charge in [-0.25, -0.2) is 0 Å². The fourth-order valence-electron chi connectivity index (χ4n) is 8.75. The summed E-state index contributed by atoms with van der Waals surface area (Å²) >= 11 is 0. The van der Waals surface area contributed by atoms with Gasteiger partial charge in [0.05, 0.1) is 0 Å². The van der Waals surface area contributed by atoms with Crippen molar-refractivity contribution < 1.29 is 28.6 Å². The Morgan fingerprint density at radius 1 is 0.313 bits per heavy atom. The normalized spacial score (nSPS) is 12.2. The molecule has 0 aliphatic rings. The lowest BCUT2D eigenvalue weighted by molar-refractivity contribution is -0.167. The summed E-state index contributed by atoms with van der Waals surface area (Å²) < 4.78 is 16.9. The summed E-state index contributed by atoms with van der Waals surface area (Å²) in [6.45, 7) is 6.56. The van der Waals surface area contributed by atoms with Crippen LogP contribution < -0.4 is 0 Å². The molecule has 0 amide bonds. The van der Waals surface area contributed by atoms with Crippen LogP contribution in [0.1, 0.15) is 316 Å². The molecule has 0 spiro atoms. The smallest absolute Gasteiger partial charge is 0.306 e. The van der Waals surface area contributed by atoms with Crippen molar-refractivity contribution in [2.45, 2.75) is 322 Å². The lowest BCUT2D eigenvalue weighted by Crippen LogP contribution is -2.30. The molecule has 0 bridgehead atoms. The van der Waals surface area contributed by atoms with Crippen molar-refractivity contribution in [3.8, 4) is 0 Å². The molecule has 0 aliphatic carbocycles. The molecular weight excluding hydrogens is 829 g/mol. The van der Waals surface area contributed by atoms with Crippen molar-refractivity contribution >= 4 is 17.9 Å². The zero-order chi connectivity index (χ0) is 48.6. The van der Waals surface area contributed by atoms with Crippen LogP contribution in [0.25, 0.3) is 0 Å². The second-order valence-electron chi connectivity index (χ2n) is 19.9. The van der Waals surface area contributed by atoms with Crippen molar-refractivity contribution in [1.29, 1.82) is 0 Å². The second-order valence-corrected chi connectivity index (χ2v) is 19.9. The van der Waals surface area contributed by atoms with Gasteiger partial charge >= 0.3 is 17.9 Å². The van der Waals surface area contributed by atoms with Crippen molar-refractivity contribution in [3.05, 3.63) is 36.5 Å². The van der Waals surface area contributed by atoms with Crippen LogP contribution in [0, 0.1) is 0 Å². The quantitative estimate of drug-likeness (QED) is 0.0262. The van der Waals surface area contributed by atoms with E-state index in [1.165, 1.54) is 186 Å². The first-order valence-electron chi connectivity index (χ1n) is 29.5. The Bertz CT molecular complexity index is 1130. The van der Waals surface area contributed by atoms with Crippen LogP contribution in [-0.2, 0) is 28.6 Å². The number of ether oxygens (including phenoxy) is 3. The number of esters is 3. The number of carbonyl (C=O) groups is 3. The van der Waals surface area contributed by atoms with Gasteiger partial charge in [0.15, 0.2) is 6.10 Å². The molecule has 0 aromatic heterocycles. The predicted molar refractivity (Wildman–Crippen MR) is 289 cm³/mol. The van der Waals surface area contributed by atoms with Crippen molar-refractivity contribution in [1.82, 2.24) is 0 Å². The van der Waals surface area contributed by atoms with Gasteiger partial charge < -0.3 is 14.2 Å². The van der Waals surface area contributed by atoms with Gasteiger partial charge in [-0.2, -0.15) is 0 Å². The largest absolute Gasteiger partial charge is 0.462 e. The highest BCUT2D eigenvalue weighted by atomic mass is 16.6. The third-order valence-electron chi connectivity index (χ3n) is 13.2. The lowest BCUT2D eigenvalue weighted by atomic mass is 10.0. The van der Waals surface area contributed by atoms with E-state index in [0.29, 0.717) is 19.3 Å². The van der Waals surface area contributed by atoms with Gasteiger partial charge in [-0.1, -0.05) is 282 Å². The minimum absolute atomic E-state index is 0.0742. The second kappa shape index (κ2) is 56.2. The van der Waals surface area contributed by atoms with E-state index >= 15 is 0 Å². The molecule has 0 aliphatic heterocycles. The average Bonchev–Trinajstić information content (AvgIpc) is 3.33. The summed E-state index contributed by atoms with van der Waals surface area (Å²) in [6, 6.07) is 0. The Morgan fingerprint density at radius 3 is 0.910 bits per heavy atom. The van der Waals surface area contributed by atoms with Gasteiger partial charge in [0.1, 0.15) is 13.2 Å². The SMILES string of the molecule is CC/C=C\C/C=C\C/C=C\CCCCCCC(=O)OCC(COC(=O)CCCCCCCCCCCCCCCCCCCC)OC(=O)CCCCCCCCCCCCCCCCCCC. The third kappa shape index (κ3) is 54.4. The van der Waals surface area contributed by atoms with Crippen LogP contribution in [0.2, 0.25) is 0 Å². The van der Waals surface area contributed by atoms with Gasteiger partial charge in [0.25, 0.3) is 0 Å². The summed E-state index contributed by atoms with van der Waals surface area (Å²) in [5.41, 5.74) is 0. The van der Waals surface area contributed by atoms with Crippen LogP contribution in [0.15, 0.2) is 36.5 Å². The Kier molecular flexibility index (Phi) is 54.2. The van der Waals surface area contributed by atoms with E-state index in [-0.39, 0.29) is 31.1 Å². The fourth-order valence-corrected chi connectivity index (χ4v) is 8.75. The number of unbranched alkanes of at least 4 members (excludes halogenated alkanes) is 37. The van der Waals surface area contributed by atoms with Crippen LogP contribution in [-0.4, -0.2) is 37.2 Å². The highest BCUT2D eigenvalue weighted by molar-refractivity contribution is 5.71. The molecule has 1 atom stereocenters. The summed E-state index contributed by atoms with van der Waals surface area (Å²) in [6.07, 6.45) is 67.1. The van der Waals surface area contributed by atoms with Gasteiger partial charge in [-0.05, 0) is 51.4 Å². The number of hydrogen-bond acceptors (Lipinski definition) is 6. The van der Waals surface area contributed by atoms with E-state index in [0.717, 1.165) is 89.9 Å². The topological polar surface area (TPSA) is 78.9 Å². The van der Waals surface area contributed by atoms with E-state index in [9.17, 15) is 14.4 Å². The number of rotatable bonds is 54. The minimum Gasteiger partial charge on any atom is -0.462 e. The number of hydrogen-bond donors (Lipinski definition) is 0. The van der Waals surface area contributed by atoms with E-state index < -0.39 is 6.10 Å². The van der Waals surface area contributed by atoms with E-state index in [2.05, 4.69) is 57.2 Å². The molecule has 0 saturated carbocycles.